The molecule has 0 heterocycles. The molecule has 0 atom stereocenters. The molecule has 2 aromatic carbocycles. The third-order valence-corrected chi connectivity index (χ3v) is 2.98. The zero-order valence-corrected chi connectivity index (χ0v) is 11.5. The fourth-order valence-corrected chi connectivity index (χ4v) is 1.84. The molecule has 2 rings (SSSR count). The monoisotopic (exact) mass is 283 g/mol. The van der Waals surface area contributed by atoms with E-state index < -0.39 is 0 Å². The Hall–Kier alpha value is -2.66. The summed E-state index contributed by atoms with van der Waals surface area (Å²) in [7, 11) is 0. The third kappa shape index (κ3) is 4.43. The molecule has 0 radical (unpaired) electrons. The van der Waals surface area contributed by atoms with Crippen molar-refractivity contribution in [1.29, 1.82) is 0 Å². The van der Waals surface area contributed by atoms with Crippen LogP contribution in [0.25, 0.3) is 0 Å². The van der Waals surface area contributed by atoms with Gasteiger partial charge in [0.2, 0.25) is 0 Å². The largest absolute Gasteiger partial charge is 0.326 e. The Labute approximate surface area is 123 Å². The lowest BCUT2D eigenvalue weighted by Gasteiger charge is -2.08. The van der Waals surface area contributed by atoms with E-state index in [4.69, 9.17) is 5.73 Å². The minimum atomic E-state index is -0.321. The number of urea groups is 1. The van der Waals surface area contributed by atoms with E-state index in [-0.39, 0.29) is 6.03 Å². The molecular weight excluding hydrogens is 266 g/mol. The van der Waals surface area contributed by atoms with Crippen LogP contribution in [0.5, 0.6) is 0 Å². The number of hydrogen-bond acceptors (Lipinski definition) is 3. The van der Waals surface area contributed by atoms with E-state index >= 15 is 0 Å². The van der Waals surface area contributed by atoms with Crippen molar-refractivity contribution in [2.45, 2.75) is 13.0 Å². The van der Waals surface area contributed by atoms with E-state index in [2.05, 4.69) is 10.6 Å². The summed E-state index contributed by atoms with van der Waals surface area (Å²) < 4.78 is 0. The maximum atomic E-state index is 11.8. The van der Waals surface area contributed by atoms with Crippen LogP contribution in [0.15, 0.2) is 48.5 Å². The Kier molecular flexibility index (Phi) is 5.06. The van der Waals surface area contributed by atoms with E-state index in [1.54, 1.807) is 36.4 Å². The predicted molar refractivity (Wildman–Crippen MR) is 83.2 cm³/mol. The van der Waals surface area contributed by atoms with Gasteiger partial charge in [0.15, 0.2) is 0 Å². The first-order valence-corrected chi connectivity index (χ1v) is 6.61. The summed E-state index contributed by atoms with van der Waals surface area (Å²) >= 11 is 0. The molecule has 21 heavy (non-hydrogen) atoms. The molecule has 0 saturated carbocycles. The molecule has 0 aliphatic rings. The third-order valence-electron chi connectivity index (χ3n) is 2.98. The molecular formula is C16H17N3O2. The summed E-state index contributed by atoms with van der Waals surface area (Å²) in [5.74, 6) is 0. The topological polar surface area (TPSA) is 84.2 Å². The number of amides is 2. The second-order valence-electron chi connectivity index (χ2n) is 4.55. The van der Waals surface area contributed by atoms with Crippen molar-refractivity contribution >= 4 is 23.7 Å². The quantitative estimate of drug-likeness (QED) is 0.737. The highest BCUT2D eigenvalue weighted by atomic mass is 16.2. The molecule has 0 spiro atoms. The lowest BCUT2D eigenvalue weighted by Crippen LogP contribution is -2.19. The molecule has 2 amide bonds. The number of carbonyl (C=O) groups is 2. The van der Waals surface area contributed by atoms with E-state index in [0.717, 1.165) is 17.4 Å². The van der Waals surface area contributed by atoms with Crippen molar-refractivity contribution in [2.24, 2.45) is 5.73 Å². The number of benzene rings is 2. The zero-order chi connectivity index (χ0) is 15.1. The number of nitrogens with one attached hydrogen (secondary N) is 2. The van der Waals surface area contributed by atoms with Crippen LogP contribution < -0.4 is 16.4 Å². The van der Waals surface area contributed by atoms with Crippen molar-refractivity contribution in [2.75, 3.05) is 10.6 Å². The molecule has 2 aromatic rings. The number of nitrogens with two attached hydrogens (primary N) is 1. The Morgan fingerprint density at radius 3 is 1.81 bits per heavy atom. The standard InChI is InChI=1S/C16H17N3O2/c17-11-13-3-7-15(8-4-13)19-16(21)18-14-5-1-12(2-6-14)9-10-20/h1-8,10H,9,11,17H2,(H2,18,19,21). The second kappa shape index (κ2) is 7.21. The van der Waals surface area contributed by atoms with E-state index in [0.29, 0.717) is 24.3 Å². The normalized spacial score (nSPS) is 9.95. The summed E-state index contributed by atoms with van der Waals surface area (Å²) in [4.78, 5) is 22.2. The lowest BCUT2D eigenvalue weighted by molar-refractivity contribution is -0.107. The smallest absolute Gasteiger partial charge is 0.323 e. The van der Waals surface area contributed by atoms with Gasteiger partial charge in [-0.1, -0.05) is 24.3 Å². The molecule has 0 bridgehead atoms. The van der Waals surface area contributed by atoms with Crippen molar-refractivity contribution in [3.8, 4) is 0 Å². The van der Waals surface area contributed by atoms with Gasteiger partial charge in [-0.05, 0) is 35.4 Å². The highest BCUT2D eigenvalue weighted by Crippen LogP contribution is 2.12. The van der Waals surface area contributed by atoms with Gasteiger partial charge in [0, 0.05) is 24.3 Å². The maximum Gasteiger partial charge on any atom is 0.323 e. The molecule has 0 aliphatic carbocycles. The van der Waals surface area contributed by atoms with Crippen LogP contribution in [0, 0.1) is 0 Å². The highest BCUT2D eigenvalue weighted by Gasteiger charge is 2.02. The van der Waals surface area contributed by atoms with Gasteiger partial charge in [-0.15, -0.1) is 0 Å². The van der Waals surface area contributed by atoms with Crippen molar-refractivity contribution in [1.82, 2.24) is 0 Å². The summed E-state index contributed by atoms with van der Waals surface area (Å²) in [6.45, 7) is 0.472. The molecule has 0 saturated heterocycles. The SMILES string of the molecule is NCc1ccc(NC(=O)Nc2ccc(CC=O)cc2)cc1. The number of hydrogen-bond donors (Lipinski definition) is 3. The number of carbonyl (C=O) groups excluding carboxylic acids is 2. The number of anilines is 2. The van der Waals surface area contributed by atoms with E-state index in [9.17, 15) is 9.59 Å². The molecule has 0 aliphatic heterocycles. The average molecular weight is 283 g/mol. The summed E-state index contributed by atoms with van der Waals surface area (Å²) in [6, 6.07) is 14.1. The van der Waals surface area contributed by atoms with Gasteiger partial charge in [0.1, 0.15) is 6.29 Å². The number of rotatable bonds is 5. The Morgan fingerprint density at radius 1 is 0.905 bits per heavy atom. The highest BCUT2D eigenvalue weighted by molar-refractivity contribution is 5.99. The first-order valence-electron chi connectivity index (χ1n) is 6.61. The van der Waals surface area contributed by atoms with Gasteiger partial charge in [-0.25, -0.2) is 4.79 Å². The van der Waals surface area contributed by atoms with Crippen molar-refractivity contribution in [3.05, 3.63) is 59.7 Å². The van der Waals surface area contributed by atoms with Crippen LogP contribution in [0.4, 0.5) is 16.2 Å². The summed E-state index contributed by atoms with van der Waals surface area (Å²) in [6.07, 6.45) is 1.22. The van der Waals surface area contributed by atoms with E-state index in [1.807, 2.05) is 12.1 Å². The van der Waals surface area contributed by atoms with Crippen LogP contribution in [-0.2, 0) is 17.8 Å². The Morgan fingerprint density at radius 2 is 1.38 bits per heavy atom. The van der Waals surface area contributed by atoms with Gasteiger partial charge >= 0.3 is 6.03 Å². The average Bonchev–Trinajstić information content (AvgIpc) is 2.50. The fraction of sp³-hybridized carbons (Fsp3) is 0.125. The van der Waals surface area contributed by atoms with Gasteiger partial charge < -0.3 is 21.2 Å². The molecule has 5 heteroatoms. The molecule has 0 aromatic heterocycles. The van der Waals surface area contributed by atoms with Crippen LogP contribution in [-0.4, -0.2) is 12.3 Å². The molecule has 4 N–H and O–H groups in total. The maximum absolute atomic E-state index is 11.8. The first-order chi connectivity index (χ1) is 10.2. The zero-order valence-electron chi connectivity index (χ0n) is 11.5. The Bertz CT molecular complexity index is 606. The predicted octanol–water partition coefficient (Wildman–Crippen LogP) is 2.53. The fourth-order valence-electron chi connectivity index (χ4n) is 1.84. The molecule has 108 valence electrons. The number of aldehydes is 1. The van der Waals surface area contributed by atoms with Crippen molar-refractivity contribution in [3.63, 3.8) is 0 Å². The van der Waals surface area contributed by atoms with Crippen LogP contribution >= 0.6 is 0 Å². The van der Waals surface area contributed by atoms with Gasteiger partial charge in [0.05, 0.1) is 0 Å². The molecule has 0 unspecified atom stereocenters. The van der Waals surface area contributed by atoms with Gasteiger partial charge in [-0.2, -0.15) is 0 Å². The van der Waals surface area contributed by atoms with E-state index in [1.165, 1.54) is 0 Å². The first kappa shape index (κ1) is 14.7. The lowest BCUT2D eigenvalue weighted by atomic mass is 10.1. The van der Waals surface area contributed by atoms with Crippen LogP contribution in [0.3, 0.4) is 0 Å². The van der Waals surface area contributed by atoms with Crippen LogP contribution in [0.1, 0.15) is 11.1 Å². The van der Waals surface area contributed by atoms with Gasteiger partial charge in [-0.3, -0.25) is 0 Å². The molecule has 5 nitrogen and oxygen atoms in total. The summed E-state index contributed by atoms with van der Waals surface area (Å²) in [5, 5.41) is 5.46. The minimum Gasteiger partial charge on any atom is -0.326 e. The minimum absolute atomic E-state index is 0.321. The molecule has 0 fully saturated rings. The van der Waals surface area contributed by atoms with Crippen molar-refractivity contribution < 1.29 is 9.59 Å². The second-order valence-corrected chi connectivity index (χ2v) is 4.55. The summed E-state index contributed by atoms with van der Waals surface area (Å²) in [5.41, 5.74) is 8.80. The van der Waals surface area contributed by atoms with Gasteiger partial charge in [0.25, 0.3) is 0 Å². The van der Waals surface area contributed by atoms with Crippen LogP contribution in [0.2, 0.25) is 0 Å². The Balaban J connectivity index is 1.92.